The van der Waals surface area contributed by atoms with E-state index in [2.05, 4.69) is 15.6 Å². The molecule has 0 saturated carbocycles. The number of aliphatic imine (C=N–C) groups is 1. The maximum atomic E-state index is 12.0. The fourth-order valence-corrected chi connectivity index (χ4v) is 2.93. The Hall–Kier alpha value is -2.02. The van der Waals surface area contributed by atoms with Gasteiger partial charge in [0, 0.05) is 52.7 Å². The first-order valence-electron chi connectivity index (χ1n) is 9.61. The summed E-state index contributed by atoms with van der Waals surface area (Å²) in [5.74, 6) is 2.02. The van der Waals surface area contributed by atoms with Crippen LogP contribution in [0.25, 0.3) is 0 Å². The molecular formula is C19H32N4O3. The fraction of sp³-hybridized carbons (Fsp3) is 0.684. The number of guanidine groups is 1. The topological polar surface area (TPSA) is 79.1 Å². The van der Waals surface area contributed by atoms with Crippen LogP contribution < -0.4 is 10.6 Å². The van der Waals surface area contributed by atoms with Gasteiger partial charge < -0.3 is 24.7 Å². The van der Waals surface area contributed by atoms with Crippen molar-refractivity contribution < 1.29 is 13.9 Å². The van der Waals surface area contributed by atoms with Crippen LogP contribution in [0.15, 0.2) is 27.8 Å². The Balaban J connectivity index is 1.72. The molecule has 1 fully saturated rings. The molecule has 7 heteroatoms. The summed E-state index contributed by atoms with van der Waals surface area (Å²) in [5, 5.41) is 6.58. The molecule has 0 unspecified atom stereocenters. The highest BCUT2D eigenvalue weighted by Gasteiger charge is 2.15. The van der Waals surface area contributed by atoms with Crippen molar-refractivity contribution in [1.82, 2.24) is 15.5 Å². The average Bonchev–Trinajstić information content (AvgIpc) is 3.07. The van der Waals surface area contributed by atoms with E-state index in [1.807, 2.05) is 17.0 Å². The molecule has 1 aromatic heterocycles. The summed E-state index contributed by atoms with van der Waals surface area (Å²) in [4.78, 5) is 18.6. The Kier molecular flexibility index (Phi) is 9.64. The number of furan rings is 1. The van der Waals surface area contributed by atoms with E-state index < -0.39 is 0 Å². The molecule has 1 amide bonds. The number of hydrogen-bond acceptors (Lipinski definition) is 4. The minimum Gasteiger partial charge on any atom is -0.469 e. The maximum Gasteiger partial charge on any atom is 0.222 e. The summed E-state index contributed by atoms with van der Waals surface area (Å²) in [6, 6.07) is 3.86. The smallest absolute Gasteiger partial charge is 0.222 e. The van der Waals surface area contributed by atoms with E-state index in [0.29, 0.717) is 32.0 Å². The number of carbonyl (C=O) groups is 1. The normalized spacial score (nSPS) is 15.8. The van der Waals surface area contributed by atoms with E-state index >= 15 is 0 Å². The Morgan fingerprint density at radius 3 is 3.00 bits per heavy atom. The SMILES string of the molecule is COCCNC(=NCCCN1CCCCCC1=O)NCCc1ccco1. The van der Waals surface area contributed by atoms with Crippen molar-refractivity contribution in [3.63, 3.8) is 0 Å². The zero-order valence-electron chi connectivity index (χ0n) is 15.8. The van der Waals surface area contributed by atoms with Crippen LogP contribution in [-0.4, -0.2) is 63.2 Å². The van der Waals surface area contributed by atoms with E-state index in [9.17, 15) is 4.79 Å². The quantitative estimate of drug-likeness (QED) is 0.376. The van der Waals surface area contributed by atoms with Gasteiger partial charge in [0.05, 0.1) is 12.9 Å². The summed E-state index contributed by atoms with van der Waals surface area (Å²) in [7, 11) is 1.68. The number of likely N-dealkylation sites (tertiary alicyclic amines) is 1. The molecule has 2 rings (SSSR count). The minimum atomic E-state index is 0.293. The van der Waals surface area contributed by atoms with Crippen LogP contribution in [0.5, 0.6) is 0 Å². The molecule has 0 aromatic carbocycles. The summed E-state index contributed by atoms with van der Waals surface area (Å²) < 4.78 is 10.4. The number of methoxy groups -OCH3 is 1. The molecule has 7 nitrogen and oxygen atoms in total. The van der Waals surface area contributed by atoms with Crippen molar-refractivity contribution in [3.8, 4) is 0 Å². The van der Waals surface area contributed by atoms with Crippen molar-refractivity contribution in [1.29, 1.82) is 0 Å². The molecule has 2 N–H and O–H groups in total. The van der Waals surface area contributed by atoms with E-state index in [0.717, 1.165) is 63.5 Å². The molecule has 2 heterocycles. The van der Waals surface area contributed by atoms with Gasteiger partial charge >= 0.3 is 0 Å². The molecule has 146 valence electrons. The molecule has 0 spiro atoms. The van der Waals surface area contributed by atoms with Crippen LogP contribution in [0.3, 0.4) is 0 Å². The first kappa shape index (κ1) is 20.3. The molecule has 0 radical (unpaired) electrons. The van der Waals surface area contributed by atoms with Crippen LogP contribution in [-0.2, 0) is 16.0 Å². The van der Waals surface area contributed by atoms with Crippen LogP contribution >= 0.6 is 0 Å². The van der Waals surface area contributed by atoms with Gasteiger partial charge in [-0.05, 0) is 31.4 Å². The third-order valence-corrected chi connectivity index (χ3v) is 4.37. The molecule has 1 aromatic rings. The molecular weight excluding hydrogens is 332 g/mol. The zero-order valence-corrected chi connectivity index (χ0v) is 15.8. The third-order valence-electron chi connectivity index (χ3n) is 4.37. The van der Waals surface area contributed by atoms with Crippen LogP contribution in [0.4, 0.5) is 0 Å². The Bertz CT molecular complexity index is 531. The molecule has 1 aliphatic heterocycles. The molecule has 0 atom stereocenters. The molecule has 0 aliphatic carbocycles. The highest BCUT2D eigenvalue weighted by atomic mass is 16.5. The van der Waals surface area contributed by atoms with E-state index in [1.165, 1.54) is 0 Å². The number of ether oxygens (including phenoxy) is 1. The summed E-state index contributed by atoms with van der Waals surface area (Å²) in [5.41, 5.74) is 0. The lowest BCUT2D eigenvalue weighted by atomic mass is 10.2. The predicted molar refractivity (Wildman–Crippen MR) is 102 cm³/mol. The number of amides is 1. The highest BCUT2D eigenvalue weighted by molar-refractivity contribution is 5.79. The zero-order chi connectivity index (χ0) is 18.5. The van der Waals surface area contributed by atoms with Gasteiger partial charge in [-0.2, -0.15) is 0 Å². The van der Waals surface area contributed by atoms with Crippen molar-refractivity contribution >= 4 is 11.9 Å². The molecule has 1 saturated heterocycles. The third kappa shape index (κ3) is 7.91. The number of carbonyl (C=O) groups excluding carboxylic acids is 1. The minimum absolute atomic E-state index is 0.293. The average molecular weight is 364 g/mol. The van der Waals surface area contributed by atoms with Gasteiger partial charge in [-0.25, -0.2) is 0 Å². The largest absolute Gasteiger partial charge is 0.469 e. The monoisotopic (exact) mass is 364 g/mol. The van der Waals surface area contributed by atoms with Gasteiger partial charge in [0.1, 0.15) is 5.76 Å². The number of rotatable bonds is 10. The first-order valence-corrected chi connectivity index (χ1v) is 9.61. The van der Waals surface area contributed by atoms with Gasteiger partial charge in [0.25, 0.3) is 0 Å². The molecule has 1 aliphatic rings. The van der Waals surface area contributed by atoms with Gasteiger partial charge in [0.15, 0.2) is 5.96 Å². The van der Waals surface area contributed by atoms with Crippen molar-refractivity contribution in [3.05, 3.63) is 24.2 Å². The second kappa shape index (κ2) is 12.4. The molecule has 26 heavy (non-hydrogen) atoms. The number of hydrogen-bond donors (Lipinski definition) is 2. The van der Waals surface area contributed by atoms with Crippen LogP contribution in [0.2, 0.25) is 0 Å². The second-order valence-electron chi connectivity index (χ2n) is 6.45. The van der Waals surface area contributed by atoms with Gasteiger partial charge in [0.2, 0.25) is 5.91 Å². The number of nitrogens with zero attached hydrogens (tertiary/aromatic N) is 2. The van der Waals surface area contributed by atoms with E-state index in [-0.39, 0.29) is 0 Å². The van der Waals surface area contributed by atoms with Gasteiger partial charge in [-0.3, -0.25) is 9.79 Å². The fourth-order valence-electron chi connectivity index (χ4n) is 2.93. The Morgan fingerprint density at radius 2 is 2.19 bits per heavy atom. The van der Waals surface area contributed by atoms with E-state index in [1.54, 1.807) is 13.4 Å². The maximum absolute atomic E-state index is 12.0. The van der Waals surface area contributed by atoms with Crippen LogP contribution in [0, 0.1) is 0 Å². The molecule has 0 bridgehead atoms. The van der Waals surface area contributed by atoms with Gasteiger partial charge in [-0.1, -0.05) is 6.42 Å². The lowest BCUT2D eigenvalue weighted by Gasteiger charge is -2.20. The van der Waals surface area contributed by atoms with E-state index in [4.69, 9.17) is 9.15 Å². The second-order valence-corrected chi connectivity index (χ2v) is 6.45. The Morgan fingerprint density at radius 1 is 1.31 bits per heavy atom. The standard InChI is InChI=1S/C19H32N4O3/c1-25-16-12-22-19(21-11-9-17-7-5-15-26-17)20-10-6-14-23-13-4-2-3-8-18(23)24/h5,7,15H,2-4,6,8-14,16H2,1H3,(H2,20,21,22). The van der Waals surface area contributed by atoms with Gasteiger partial charge in [-0.15, -0.1) is 0 Å². The summed E-state index contributed by atoms with van der Waals surface area (Å²) in [6.45, 7) is 4.45. The van der Waals surface area contributed by atoms with Crippen molar-refractivity contribution in [2.24, 2.45) is 4.99 Å². The summed E-state index contributed by atoms with van der Waals surface area (Å²) in [6.07, 6.45) is 7.37. The highest BCUT2D eigenvalue weighted by Crippen LogP contribution is 2.11. The van der Waals surface area contributed by atoms with Crippen molar-refractivity contribution in [2.45, 2.75) is 38.5 Å². The van der Waals surface area contributed by atoms with Crippen LogP contribution in [0.1, 0.15) is 37.9 Å². The first-order chi connectivity index (χ1) is 12.8. The summed E-state index contributed by atoms with van der Waals surface area (Å²) >= 11 is 0. The number of nitrogens with one attached hydrogen (secondary N) is 2. The predicted octanol–water partition coefficient (Wildman–Crippen LogP) is 1.80. The Labute approximate surface area is 156 Å². The van der Waals surface area contributed by atoms with Crippen molar-refractivity contribution in [2.75, 3.05) is 46.4 Å². The lowest BCUT2D eigenvalue weighted by Crippen LogP contribution is -2.40. The lowest BCUT2D eigenvalue weighted by molar-refractivity contribution is -0.130.